The normalized spacial score (nSPS) is 10.3. The number of nitrogens with one attached hydrogen (secondary N) is 1. The summed E-state index contributed by atoms with van der Waals surface area (Å²) >= 11 is 0. The molecule has 5 nitrogen and oxygen atoms in total. The van der Waals surface area contributed by atoms with E-state index in [9.17, 15) is 9.59 Å². The molecule has 0 spiro atoms. The molecule has 2 amide bonds. The van der Waals surface area contributed by atoms with Crippen LogP contribution in [0.15, 0.2) is 78.9 Å². The van der Waals surface area contributed by atoms with E-state index >= 15 is 0 Å². The Bertz CT molecular complexity index is 969. The summed E-state index contributed by atoms with van der Waals surface area (Å²) < 4.78 is 5.40. The molecule has 3 aromatic carbocycles. The highest BCUT2D eigenvalue weighted by Gasteiger charge is 2.17. The van der Waals surface area contributed by atoms with Crippen molar-refractivity contribution >= 4 is 17.5 Å². The molecule has 0 bridgehead atoms. The van der Waals surface area contributed by atoms with Gasteiger partial charge in [0.2, 0.25) is 0 Å². The van der Waals surface area contributed by atoms with Gasteiger partial charge in [0.1, 0.15) is 5.75 Å². The molecule has 3 rings (SSSR count). The molecule has 148 valence electrons. The van der Waals surface area contributed by atoms with Crippen molar-refractivity contribution in [2.24, 2.45) is 0 Å². The van der Waals surface area contributed by atoms with E-state index in [4.69, 9.17) is 4.74 Å². The summed E-state index contributed by atoms with van der Waals surface area (Å²) in [5.74, 6) is 0.276. The van der Waals surface area contributed by atoms with E-state index in [1.807, 2.05) is 37.3 Å². The highest BCUT2D eigenvalue weighted by atomic mass is 16.5. The first-order valence-electron chi connectivity index (χ1n) is 9.51. The Morgan fingerprint density at radius 1 is 0.897 bits per heavy atom. The Balaban J connectivity index is 1.74. The summed E-state index contributed by atoms with van der Waals surface area (Å²) in [6.07, 6.45) is 0. The minimum absolute atomic E-state index is 0.156. The molecule has 1 N–H and O–H groups in total. The maximum Gasteiger partial charge on any atom is 0.256 e. The van der Waals surface area contributed by atoms with Gasteiger partial charge in [-0.2, -0.15) is 0 Å². The van der Waals surface area contributed by atoms with Crippen LogP contribution in [0.3, 0.4) is 0 Å². The highest BCUT2D eigenvalue weighted by molar-refractivity contribution is 6.09. The maximum absolute atomic E-state index is 13.0. The molecule has 0 atom stereocenters. The number of benzene rings is 3. The number of anilines is 1. The van der Waals surface area contributed by atoms with Gasteiger partial charge in [0.25, 0.3) is 11.8 Å². The summed E-state index contributed by atoms with van der Waals surface area (Å²) in [6.45, 7) is 2.96. The molecule has 0 heterocycles. The van der Waals surface area contributed by atoms with Crippen LogP contribution in [-0.4, -0.2) is 30.4 Å². The third kappa shape index (κ3) is 5.23. The van der Waals surface area contributed by atoms with Gasteiger partial charge in [-0.1, -0.05) is 42.5 Å². The molecule has 0 aliphatic carbocycles. The van der Waals surface area contributed by atoms with Gasteiger partial charge in [-0.25, -0.2) is 0 Å². The Morgan fingerprint density at radius 3 is 2.24 bits per heavy atom. The van der Waals surface area contributed by atoms with Crippen molar-refractivity contribution in [2.75, 3.05) is 19.0 Å². The van der Waals surface area contributed by atoms with Crippen LogP contribution in [0.2, 0.25) is 0 Å². The van der Waals surface area contributed by atoms with Crippen LogP contribution >= 0.6 is 0 Å². The second-order valence-corrected chi connectivity index (χ2v) is 6.60. The fraction of sp³-hybridized carbons (Fsp3) is 0.167. The summed E-state index contributed by atoms with van der Waals surface area (Å²) in [4.78, 5) is 27.2. The van der Waals surface area contributed by atoms with Crippen molar-refractivity contribution < 1.29 is 14.3 Å². The maximum atomic E-state index is 13.0. The van der Waals surface area contributed by atoms with Crippen molar-refractivity contribution in [2.45, 2.75) is 13.5 Å². The van der Waals surface area contributed by atoms with E-state index in [0.717, 1.165) is 5.56 Å². The smallest absolute Gasteiger partial charge is 0.256 e. The molecule has 0 saturated heterocycles. The predicted octanol–water partition coefficient (Wildman–Crippen LogP) is 4.61. The fourth-order valence-corrected chi connectivity index (χ4v) is 2.98. The van der Waals surface area contributed by atoms with Gasteiger partial charge in [0.05, 0.1) is 17.9 Å². The zero-order valence-electron chi connectivity index (χ0n) is 16.6. The average Bonchev–Trinajstić information content (AvgIpc) is 2.75. The lowest BCUT2D eigenvalue weighted by Crippen LogP contribution is -2.27. The summed E-state index contributed by atoms with van der Waals surface area (Å²) in [5, 5.41) is 2.85. The number of amides is 2. The molecule has 0 saturated carbocycles. The topological polar surface area (TPSA) is 58.6 Å². The van der Waals surface area contributed by atoms with Crippen LogP contribution in [0, 0.1) is 0 Å². The van der Waals surface area contributed by atoms with Crippen molar-refractivity contribution in [1.82, 2.24) is 4.90 Å². The standard InChI is InChI=1S/C24H24N2O3/c1-3-29-20-15-13-19(14-16-20)23(27)25-22-12-8-7-11-21(22)24(28)26(2)17-18-9-5-4-6-10-18/h4-16H,3,17H2,1-2H3,(H,25,27). The van der Waals surface area contributed by atoms with Crippen LogP contribution in [0.4, 0.5) is 5.69 Å². The number of carbonyl (C=O) groups excluding carboxylic acids is 2. The van der Waals surface area contributed by atoms with Crippen molar-refractivity contribution in [1.29, 1.82) is 0 Å². The van der Waals surface area contributed by atoms with Crippen LogP contribution in [0.25, 0.3) is 0 Å². The molecular formula is C24H24N2O3. The van der Waals surface area contributed by atoms with Crippen LogP contribution in [0.1, 0.15) is 33.2 Å². The number of hydrogen-bond acceptors (Lipinski definition) is 3. The molecule has 0 aliphatic rings. The molecule has 0 aromatic heterocycles. The van der Waals surface area contributed by atoms with E-state index < -0.39 is 0 Å². The third-order valence-corrected chi connectivity index (χ3v) is 4.44. The van der Waals surface area contributed by atoms with Crippen molar-refractivity contribution in [3.63, 3.8) is 0 Å². The van der Waals surface area contributed by atoms with Gasteiger partial charge >= 0.3 is 0 Å². The Kier molecular flexibility index (Phi) is 6.63. The monoisotopic (exact) mass is 388 g/mol. The molecule has 5 heteroatoms. The largest absolute Gasteiger partial charge is 0.494 e. The number of nitrogens with zero attached hydrogens (tertiary/aromatic N) is 1. The van der Waals surface area contributed by atoms with E-state index in [0.29, 0.717) is 35.7 Å². The minimum atomic E-state index is -0.279. The van der Waals surface area contributed by atoms with Crippen molar-refractivity contribution in [3.8, 4) is 5.75 Å². The number of hydrogen-bond donors (Lipinski definition) is 1. The quantitative estimate of drug-likeness (QED) is 0.643. The number of ether oxygens (including phenoxy) is 1. The van der Waals surface area contributed by atoms with Gasteiger partial charge in [0.15, 0.2) is 0 Å². The zero-order valence-corrected chi connectivity index (χ0v) is 16.6. The van der Waals surface area contributed by atoms with Crippen LogP contribution in [0.5, 0.6) is 5.75 Å². The van der Waals surface area contributed by atoms with Crippen LogP contribution in [-0.2, 0) is 6.54 Å². The fourth-order valence-electron chi connectivity index (χ4n) is 2.98. The average molecular weight is 388 g/mol. The summed E-state index contributed by atoms with van der Waals surface area (Å²) in [7, 11) is 1.75. The molecule has 0 unspecified atom stereocenters. The van der Waals surface area contributed by atoms with Crippen molar-refractivity contribution in [3.05, 3.63) is 95.6 Å². The van der Waals surface area contributed by atoms with E-state index in [1.165, 1.54) is 0 Å². The second kappa shape index (κ2) is 9.55. The molecule has 0 aliphatic heterocycles. The first-order valence-corrected chi connectivity index (χ1v) is 9.51. The van der Waals surface area contributed by atoms with Gasteiger partial charge < -0.3 is 15.0 Å². The number of para-hydroxylation sites is 1. The number of carbonyl (C=O) groups is 2. The Labute approximate surface area is 170 Å². The second-order valence-electron chi connectivity index (χ2n) is 6.60. The van der Waals surface area contributed by atoms with E-state index in [1.54, 1.807) is 60.5 Å². The van der Waals surface area contributed by atoms with E-state index in [-0.39, 0.29) is 11.8 Å². The first kappa shape index (κ1) is 20.1. The van der Waals surface area contributed by atoms with E-state index in [2.05, 4.69) is 5.32 Å². The lowest BCUT2D eigenvalue weighted by Gasteiger charge is -2.19. The van der Waals surface area contributed by atoms with Gasteiger partial charge in [-0.05, 0) is 48.9 Å². The molecular weight excluding hydrogens is 364 g/mol. The molecule has 0 radical (unpaired) electrons. The lowest BCUT2D eigenvalue weighted by atomic mass is 10.1. The molecule has 29 heavy (non-hydrogen) atoms. The highest BCUT2D eigenvalue weighted by Crippen LogP contribution is 2.20. The van der Waals surface area contributed by atoms with Crippen LogP contribution < -0.4 is 10.1 Å². The first-order chi connectivity index (χ1) is 14.1. The Morgan fingerprint density at radius 2 is 1.55 bits per heavy atom. The van der Waals surface area contributed by atoms with Gasteiger partial charge in [-0.15, -0.1) is 0 Å². The summed E-state index contributed by atoms with van der Waals surface area (Å²) in [6, 6.07) is 23.7. The lowest BCUT2D eigenvalue weighted by molar-refractivity contribution is 0.0786. The van der Waals surface area contributed by atoms with Gasteiger partial charge in [-0.3, -0.25) is 9.59 Å². The molecule has 3 aromatic rings. The SMILES string of the molecule is CCOc1ccc(C(=O)Nc2ccccc2C(=O)N(C)Cc2ccccc2)cc1. The Hall–Kier alpha value is -3.60. The van der Waals surface area contributed by atoms with Gasteiger partial charge in [0, 0.05) is 19.2 Å². The third-order valence-electron chi connectivity index (χ3n) is 4.44. The minimum Gasteiger partial charge on any atom is -0.494 e. The predicted molar refractivity (Wildman–Crippen MR) is 114 cm³/mol. The number of rotatable bonds is 7. The molecule has 0 fully saturated rings. The zero-order chi connectivity index (χ0) is 20.6. The summed E-state index contributed by atoms with van der Waals surface area (Å²) in [5.41, 5.74) is 2.47.